The number of rotatable bonds is 8. The van der Waals surface area contributed by atoms with E-state index in [1.54, 1.807) is 43.9 Å². The molecule has 7 heteroatoms. The molecule has 1 amide bonds. The topological polar surface area (TPSA) is 56.7 Å². The minimum atomic E-state index is -0.213. The maximum absolute atomic E-state index is 13.5. The van der Waals surface area contributed by atoms with E-state index in [1.807, 2.05) is 36.6 Å². The Kier molecular flexibility index (Phi) is 8.99. The van der Waals surface area contributed by atoms with Gasteiger partial charge in [0.25, 0.3) is 5.91 Å². The van der Waals surface area contributed by atoms with Crippen molar-refractivity contribution in [1.82, 2.24) is 15.5 Å². The Morgan fingerprint density at radius 1 is 1.14 bits per heavy atom. The zero-order valence-corrected chi connectivity index (χ0v) is 18.3. The van der Waals surface area contributed by atoms with E-state index in [2.05, 4.69) is 15.6 Å². The van der Waals surface area contributed by atoms with E-state index < -0.39 is 0 Å². The molecule has 0 radical (unpaired) electrons. The highest BCUT2D eigenvalue weighted by Gasteiger charge is 2.09. The van der Waals surface area contributed by atoms with Crippen LogP contribution in [0.1, 0.15) is 27.0 Å². The second-order valence-corrected chi connectivity index (χ2v) is 7.71. The van der Waals surface area contributed by atoms with Crippen LogP contribution in [0, 0.1) is 5.82 Å². The standard InChI is InChI=1S/C22H29FN4OS/c1-24-22(26-14-18-8-9-20(23)13-19(18)15-29-4)25-11-10-16-6-5-7-17(12-16)21(28)27(2)3/h5-9,12-13H,10-11,14-15H2,1-4H3,(H2,24,25,26). The number of nitrogens with one attached hydrogen (secondary N) is 2. The van der Waals surface area contributed by atoms with Gasteiger partial charge in [-0.3, -0.25) is 9.79 Å². The molecule has 0 heterocycles. The number of aliphatic imine (C=N–C) groups is 1. The van der Waals surface area contributed by atoms with Crippen LogP contribution in [0.5, 0.6) is 0 Å². The molecule has 0 atom stereocenters. The molecule has 0 saturated carbocycles. The SMILES string of the molecule is CN=C(NCCc1cccc(C(=O)N(C)C)c1)NCc1ccc(F)cc1CSC. The van der Waals surface area contributed by atoms with Gasteiger partial charge >= 0.3 is 0 Å². The average molecular weight is 417 g/mol. The molecule has 2 N–H and O–H groups in total. The van der Waals surface area contributed by atoms with E-state index in [4.69, 9.17) is 0 Å². The molecular formula is C22H29FN4OS. The summed E-state index contributed by atoms with van der Waals surface area (Å²) in [4.78, 5) is 17.9. The number of carbonyl (C=O) groups excluding carboxylic acids is 1. The lowest BCUT2D eigenvalue weighted by Crippen LogP contribution is -2.38. The number of nitrogens with zero attached hydrogens (tertiary/aromatic N) is 2. The summed E-state index contributed by atoms with van der Waals surface area (Å²) in [5, 5.41) is 6.57. The molecule has 5 nitrogen and oxygen atoms in total. The first-order valence-electron chi connectivity index (χ1n) is 9.46. The molecule has 29 heavy (non-hydrogen) atoms. The number of hydrogen-bond acceptors (Lipinski definition) is 3. The van der Waals surface area contributed by atoms with E-state index >= 15 is 0 Å². The molecule has 0 spiro atoms. The van der Waals surface area contributed by atoms with Crippen molar-refractivity contribution in [1.29, 1.82) is 0 Å². The summed E-state index contributed by atoms with van der Waals surface area (Å²) in [5.41, 5.74) is 3.82. The number of thioether (sulfide) groups is 1. The van der Waals surface area contributed by atoms with Crippen LogP contribution in [-0.2, 0) is 18.7 Å². The van der Waals surface area contributed by atoms with E-state index in [0.29, 0.717) is 24.6 Å². The number of halogens is 1. The van der Waals surface area contributed by atoms with Crippen LogP contribution >= 0.6 is 11.8 Å². The van der Waals surface area contributed by atoms with Crippen molar-refractivity contribution in [2.45, 2.75) is 18.7 Å². The molecule has 0 aliphatic heterocycles. The third-order valence-electron chi connectivity index (χ3n) is 4.42. The van der Waals surface area contributed by atoms with Crippen molar-refractivity contribution in [3.8, 4) is 0 Å². The third-order valence-corrected chi connectivity index (χ3v) is 5.02. The number of guanidine groups is 1. The maximum Gasteiger partial charge on any atom is 0.253 e. The van der Waals surface area contributed by atoms with Crippen LogP contribution in [0.15, 0.2) is 47.5 Å². The molecule has 0 bridgehead atoms. The van der Waals surface area contributed by atoms with Crippen LogP contribution in [0.3, 0.4) is 0 Å². The van der Waals surface area contributed by atoms with Gasteiger partial charge in [0, 0.05) is 45.5 Å². The van der Waals surface area contributed by atoms with E-state index in [-0.39, 0.29) is 11.7 Å². The van der Waals surface area contributed by atoms with Gasteiger partial charge in [0.1, 0.15) is 5.82 Å². The lowest BCUT2D eigenvalue weighted by Gasteiger charge is -2.15. The van der Waals surface area contributed by atoms with Crippen LogP contribution in [-0.4, -0.2) is 50.7 Å². The van der Waals surface area contributed by atoms with Crippen molar-refractivity contribution in [2.24, 2.45) is 4.99 Å². The molecule has 0 aromatic heterocycles. The van der Waals surface area contributed by atoms with Crippen LogP contribution in [0.25, 0.3) is 0 Å². The molecule has 0 unspecified atom stereocenters. The predicted octanol–water partition coefficient (Wildman–Crippen LogP) is 3.30. The Bertz CT molecular complexity index is 854. The number of amides is 1. The lowest BCUT2D eigenvalue weighted by atomic mass is 10.1. The summed E-state index contributed by atoms with van der Waals surface area (Å²) in [7, 11) is 5.22. The van der Waals surface area contributed by atoms with Gasteiger partial charge in [0.2, 0.25) is 0 Å². The van der Waals surface area contributed by atoms with Crippen molar-refractivity contribution in [2.75, 3.05) is 33.9 Å². The lowest BCUT2D eigenvalue weighted by molar-refractivity contribution is 0.0827. The maximum atomic E-state index is 13.5. The molecule has 156 valence electrons. The molecule has 2 aromatic carbocycles. The normalized spacial score (nSPS) is 11.3. The highest BCUT2D eigenvalue weighted by Crippen LogP contribution is 2.16. The van der Waals surface area contributed by atoms with E-state index in [0.717, 1.165) is 28.9 Å². The van der Waals surface area contributed by atoms with Gasteiger partial charge in [-0.15, -0.1) is 0 Å². The molecule has 2 aromatic rings. The summed E-state index contributed by atoms with van der Waals surface area (Å²) in [6.45, 7) is 1.25. The minimum Gasteiger partial charge on any atom is -0.356 e. The first-order valence-corrected chi connectivity index (χ1v) is 10.8. The van der Waals surface area contributed by atoms with Gasteiger partial charge in [-0.1, -0.05) is 18.2 Å². The molecular weight excluding hydrogens is 387 g/mol. The molecule has 0 saturated heterocycles. The summed E-state index contributed by atoms with van der Waals surface area (Å²) >= 11 is 1.67. The van der Waals surface area contributed by atoms with Crippen molar-refractivity contribution in [3.05, 3.63) is 70.5 Å². The molecule has 0 aliphatic rings. The summed E-state index contributed by atoms with van der Waals surface area (Å²) < 4.78 is 13.5. The number of carbonyl (C=O) groups is 1. The fourth-order valence-electron chi connectivity index (χ4n) is 2.90. The van der Waals surface area contributed by atoms with Gasteiger partial charge in [-0.25, -0.2) is 4.39 Å². The summed E-state index contributed by atoms with van der Waals surface area (Å²) in [6.07, 6.45) is 2.77. The van der Waals surface area contributed by atoms with Crippen LogP contribution in [0.4, 0.5) is 4.39 Å². The average Bonchev–Trinajstić information content (AvgIpc) is 2.71. The zero-order chi connectivity index (χ0) is 21.2. The molecule has 0 fully saturated rings. The highest BCUT2D eigenvalue weighted by atomic mass is 32.2. The van der Waals surface area contributed by atoms with Crippen molar-refractivity contribution < 1.29 is 9.18 Å². The third kappa shape index (κ3) is 7.09. The number of benzene rings is 2. The van der Waals surface area contributed by atoms with Gasteiger partial charge in [-0.2, -0.15) is 11.8 Å². The quantitative estimate of drug-likeness (QED) is 0.512. The minimum absolute atomic E-state index is 0.00219. The van der Waals surface area contributed by atoms with Crippen LogP contribution in [0.2, 0.25) is 0 Å². The monoisotopic (exact) mass is 416 g/mol. The largest absolute Gasteiger partial charge is 0.356 e. The smallest absolute Gasteiger partial charge is 0.253 e. The van der Waals surface area contributed by atoms with Gasteiger partial charge in [-0.05, 0) is 53.6 Å². The second kappa shape index (κ2) is 11.5. The Morgan fingerprint density at radius 2 is 1.93 bits per heavy atom. The summed E-state index contributed by atoms with van der Waals surface area (Å²) in [5.74, 6) is 1.24. The van der Waals surface area contributed by atoms with Crippen LogP contribution < -0.4 is 10.6 Å². The first kappa shape index (κ1) is 22.7. The zero-order valence-electron chi connectivity index (χ0n) is 17.5. The van der Waals surface area contributed by atoms with E-state index in [1.165, 1.54) is 6.07 Å². The Hall–Kier alpha value is -2.54. The second-order valence-electron chi connectivity index (χ2n) is 6.85. The Balaban J connectivity index is 1.89. The van der Waals surface area contributed by atoms with Crippen molar-refractivity contribution >= 4 is 23.6 Å². The predicted molar refractivity (Wildman–Crippen MR) is 120 cm³/mol. The summed E-state index contributed by atoms with van der Waals surface area (Å²) in [6, 6.07) is 12.6. The highest BCUT2D eigenvalue weighted by molar-refractivity contribution is 7.97. The number of hydrogen-bond donors (Lipinski definition) is 2. The molecule has 2 rings (SSSR count). The fraction of sp³-hybridized carbons (Fsp3) is 0.364. The van der Waals surface area contributed by atoms with Gasteiger partial charge < -0.3 is 15.5 Å². The van der Waals surface area contributed by atoms with Crippen molar-refractivity contribution in [3.63, 3.8) is 0 Å². The van der Waals surface area contributed by atoms with Gasteiger partial charge in [0.15, 0.2) is 5.96 Å². The molecule has 0 aliphatic carbocycles. The van der Waals surface area contributed by atoms with Gasteiger partial charge in [0.05, 0.1) is 0 Å². The fourth-order valence-corrected chi connectivity index (χ4v) is 3.48. The first-order chi connectivity index (χ1) is 13.9. The Morgan fingerprint density at radius 3 is 2.62 bits per heavy atom. The Labute approximate surface area is 176 Å². The van der Waals surface area contributed by atoms with E-state index in [9.17, 15) is 9.18 Å².